The van der Waals surface area contributed by atoms with Crippen LogP contribution in [0.4, 0.5) is 19.0 Å². The molecular weight excluding hydrogens is 387 g/mol. The van der Waals surface area contributed by atoms with E-state index in [0.29, 0.717) is 12.4 Å². The molecule has 3 rings (SSSR count). The summed E-state index contributed by atoms with van der Waals surface area (Å²) in [5.74, 6) is 0.114. The van der Waals surface area contributed by atoms with Crippen molar-refractivity contribution in [3.63, 3.8) is 0 Å². The number of benzene rings is 2. The van der Waals surface area contributed by atoms with Crippen LogP contribution in [0.5, 0.6) is 0 Å². The third-order valence-corrected chi connectivity index (χ3v) is 4.77. The molecule has 0 bridgehead atoms. The van der Waals surface area contributed by atoms with Gasteiger partial charge in [0, 0.05) is 24.0 Å². The number of fused-ring (bicyclic) bond motifs is 1. The maximum absolute atomic E-state index is 12.9. The van der Waals surface area contributed by atoms with Crippen molar-refractivity contribution in [3.05, 3.63) is 58.6 Å². The Labute approximate surface area is 156 Å². The molecule has 9 heteroatoms. The molecule has 0 aliphatic heterocycles. The van der Waals surface area contributed by atoms with Crippen LogP contribution in [0.25, 0.3) is 10.1 Å². The van der Waals surface area contributed by atoms with E-state index in [4.69, 9.17) is 11.6 Å². The average molecular weight is 400 g/mol. The molecule has 0 radical (unpaired) electrons. The van der Waals surface area contributed by atoms with E-state index in [9.17, 15) is 18.0 Å². The van der Waals surface area contributed by atoms with Crippen LogP contribution in [0.15, 0.2) is 42.5 Å². The van der Waals surface area contributed by atoms with Crippen LogP contribution in [-0.4, -0.2) is 23.4 Å². The normalized spacial score (nSPS) is 11.5. The predicted octanol–water partition coefficient (Wildman–Crippen LogP) is 4.81. The molecule has 0 unspecified atom stereocenters. The van der Waals surface area contributed by atoms with Crippen molar-refractivity contribution in [2.45, 2.75) is 6.18 Å². The number of anilines is 1. The van der Waals surface area contributed by atoms with Gasteiger partial charge in [-0.25, -0.2) is 0 Å². The highest BCUT2D eigenvalue weighted by molar-refractivity contribution is 7.13. The zero-order chi connectivity index (χ0) is 18.7. The van der Waals surface area contributed by atoms with Gasteiger partial charge in [0.1, 0.15) is 5.82 Å². The fraction of sp³-hybridized carbons (Fsp3) is 0.176. The standard InChI is InChI=1S/C17H13ClF3N3OS/c18-13-6-5-10(9-12(13)17(19,20)21)16(25)23-8-7-22-15-11-3-1-2-4-14(11)26-24-15/h1-6,9H,7-8H2,(H,22,24)(H,23,25). The summed E-state index contributed by atoms with van der Waals surface area (Å²) in [6.45, 7) is 0.619. The predicted molar refractivity (Wildman–Crippen MR) is 96.9 cm³/mol. The summed E-state index contributed by atoms with van der Waals surface area (Å²) in [5.41, 5.74) is -1.13. The molecule has 3 aromatic rings. The Morgan fingerprint density at radius 3 is 2.69 bits per heavy atom. The molecule has 1 aromatic heterocycles. The van der Waals surface area contributed by atoms with Crippen LogP contribution in [0.2, 0.25) is 5.02 Å². The van der Waals surface area contributed by atoms with Crippen LogP contribution >= 0.6 is 23.1 Å². The van der Waals surface area contributed by atoms with Crippen molar-refractivity contribution < 1.29 is 18.0 Å². The maximum Gasteiger partial charge on any atom is 0.417 e. The molecule has 2 N–H and O–H groups in total. The highest BCUT2D eigenvalue weighted by Crippen LogP contribution is 2.35. The van der Waals surface area contributed by atoms with E-state index in [1.54, 1.807) is 0 Å². The van der Waals surface area contributed by atoms with E-state index in [2.05, 4.69) is 15.0 Å². The topological polar surface area (TPSA) is 54.0 Å². The summed E-state index contributed by atoms with van der Waals surface area (Å²) in [5, 5.41) is 6.22. The van der Waals surface area contributed by atoms with Crippen molar-refractivity contribution >= 4 is 44.9 Å². The van der Waals surface area contributed by atoms with Crippen molar-refractivity contribution in [2.75, 3.05) is 18.4 Å². The molecule has 0 saturated carbocycles. The fourth-order valence-corrected chi connectivity index (χ4v) is 3.34. The number of rotatable bonds is 5. The largest absolute Gasteiger partial charge is 0.417 e. The first-order chi connectivity index (χ1) is 12.4. The molecule has 136 valence electrons. The Morgan fingerprint density at radius 2 is 1.92 bits per heavy atom. The second-order valence-electron chi connectivity index (χ2n) is 5.40. The highest BCUT2D eigenvalue weighted by atomic mass is 35.5. The van der Waals surface area contributed by atoms with Gasteiger partial charge in [-0.05, 0) is 41.9 Å². The minimum atomic E-state index is -4.61. The smallest absolute Gasteiger partial charge is 0.367 e. The number of nitrogens with one attached hydrogen (secondary N) is 2. The lowest BCUT2D eigenvalue weighted by atomic mass is 10.1. The highest BCUT2D eigenvalue weighted by Gasteiger charge is 2.33. The van der Waals surface area contributed by atoms with Gasteiger partial charge in [-0.1, -0.05) is 23.7 Å². The van der Waals surface area contributed by atoms with Crippen molar-refractivity contribution in [2.24, 2.45) is 0 Å². The number of alkyl halides is 3. The third-order valence-electron chi connectivity index (χ3n) is 3.61. The first-order valence-corrected chi connectivity index (χ1v) is 8.74. The van der Waals surface area contributed by atoms with E-state index in [-0.39, 0.29) is 12.1 Å². The zero-order valence-corrected chi connectivity index (χ0v) is 14.8. The van der Waals surface area contributed by atoms with Gasteiger partial charge < -0.3 is 10.6 Å². The van der Waals surface area contributed by atoms with Gasteiger partial charge in [0.15, 0.2) is 0 Å². The van der Waals surface area contributed by atoms with E-state index in [0.717, 1.165) is 22.2 Å². The van der Waals surface area contributed by atoms with Crippen molar-refractivity contribution in [1.82, 2.24) is 9.69 Å². The monoisotopic (exact) mass is 399 g/mol. The Morgan fingerprint density at radius 1 is 1.15 bits per heavy atom. The van der Waals surface area contributed by atoms with Crippen LogP contribution in [0.3, 0.4) is 0 Å². The Balaban J connectivity index is 1.58. The van der Waals surface area contributed by atoms with E-state index < -0.39 is 22.7 Å². The Kier molecular flexibility index (Phi) is 5.33. The lowest BCUT2D eigenvalue weighted by Crippen LogP contribution is -2.29. The van der Waals surface area contributed by atoms with Crippen molar-refractivity contribution in [1.29, 1.82) is 0 Å². The summed E-state index contributed by atoms with van der Waals surface area (Å²) < 4.78 is 43.9. The molecule has 1 heterocycles. The lowest BCUT2D eigenvalue weighted by Gasteiger charge is -2.11. The third kappa shape index (κ3) is 4.08. The number of carbonyl (C=O) groups excluding carboxylic acids is 1. The van der Waals surface area contributed by atoms with Gasteiger partial charge in [0.05, 0.1) is 15.3 Å². The van der Waals surface area contributed by atoms with Gasteiger partial charge in [0.25, 0.3) is 5.91 Å². The zero-order valence-electron chi connectivity index (χ0n) is 13.2. The SMILES string of the molecule is O=C(NCCNc1nsc2ccccc12)c1ccc(Cl)c(C(F)(F)F)c1. The molecule has 4 nitrogen and oxygen atoms in total. The number of nitrogens with zero attached hydrogens (tertiary/aromatic N) is 1. The molecule has 0 atom stereocenters. The molecule has 0 aliphatic carbocycles. The van der Waals surface area contributed by atoms with Gasteiger partial charge >= 0.3 is 6.18 Å². The first-order valence-electron chi connectivity index (χ1n) is 7.59. The van der Waals surface area contributed by atoms with Crippen LogP contribution in [0, 0.1) is 0 Å². The Hall–Kier alpha value is -2.32. The van der Waals surface area contributed by atoms with Crippen LogP contribution in [-0.2, 0) is 6.18 Å². The second kappa shape index (κ2) is 7.51. The molecule has 26 heavy (non-hydrogen) atoms. The number of hydrogen-bond acceptors (Lipinski definition) is 4. The molecule has 2 aromatic carbocycles. The minimum absolute atomic E-state index is 0.0965. The van der Waals surface area contributed by atoms with Crippen LogP contribution < -0.4 is 10.6 Å². The summed E-state index contributed by atoms with van der Waals surface area (Å²) >= 11 is 6.91. The maximum atomic E-state index is 12.9. The summed E-state index contributed by atoms with van der Waals surface area (Å²) in [7, 11) is 0. The van der Waals surface area contributed by atoms with E-state index in [1.807, 2.05) is 24.3 Å². The number of hydrogen-bond donors (Lipinski definition) is 2. The molecule has 0 fully saturated rings. The summed E-state index contributed by atoms with van der Waals surface area (Å²) in [6.07, 6.45) is -4.61. The lowest BCUT2D eigenvalue weighted by molar-refractivity contribution is -0.137. The van der Waals surface area contributed by atoms with Crippen molar-refractivity contribution in [3.8, 4) is 0 Å². The molecule has 1 amide bonds. The fourth-order valence-electron chi connectivity index (χ4n) is 2.36. The van der Waals surface area contributed by atoms with Gasteiger partial charge in [-0.3, -0.25) is 4.79 Å². The number of carbonyl (C=O) groups is 1. The molecule has 0 saturated heterocycles. The minimum Gasteiger partial charge on any atom is -0.367 e. The number of halogens is 4. The van der Waals surface area contributed by atoms with Crippen LogP contribution in [0.1, 0.15) is 15.9 Å². The average Bonchev–Trinajstić information content (AvgIpc) is 3.01. The quantitative estimate of drug-likeness (QED) is 0.605. The number of amides is 1. The number of aromatic nitrogens is 1. The Bertz CT molecular complexity index is 942. The molecular formula is C17H13ClF3N3OS. The first kappa shape index (κ1) is 18.5. The van der Waals surface area contributed by atoms with Gasteiger partial charge in [0.2, 0.25) is 0 Å². The second-order valence-corrected chi connectivity index (χ2v) is 6.61. The summed E-state index contributed by atoms with van der Waals surface area (Å²) in [6, 6.07) is 10.8. The van der Waals surface area contributed by atoms with Gasteiger partial charge in [-0.2, -0.15) is 17.5 Å². The van der Waals surface area contributed by atoms with E-state index >= 15 is 0 Å². The van der Waals surface area contributed by atoms with E-state index in [1.165, 1.54) is 17.6 Å². The van der Waals surface area contributed by atoms with Gasteiger partial charge in [-0.15, -0.1) is 0 Å². The molecule has 0 spiro atoms. The summed E-state index contributed by atoms with van der Waals surface area (Å²) in [4.78, 5) is 12.0. The molecule has 0 aliphatic rings.